The Labute approximate surface area is 223 Å². The van der Waals surface area contributed by atoms with Crippen molar-refractivity contribution in [1.29, 1.82) is 0 Å². The Kier molecular flexibility index (Phi) is 13.4. The fraction of sp³-hybridized carbons (Fsp3) is 0.964. The highest BCUT2D eigenvalue weighted by Crippen LogP contribution is 2.26. The van der Waals surface area contributed by atoms with Gasteiger partial charge in [0.25, 0.3) is 0 Å². The Morgan fingerprint density at radius 3 is 1.49 bits per heavy atom. The van der Waals surface area contributed by atoms with Crippen molar-refractivity contribution in [3.8, 4) is 0 Å². The highest BCUT2D eigenvalue weighted by molar-refractivity contribution is 5.78. The lowest BCUT2D eigenvalue weighted by Gasteiger charge is -2.38. The maximum Gasteiger partial charge on any atom is 0.239 e. The summed E-state index contributed by atoms with van der Waals surface area (Å²) in [5.41, 5.74) is 0. The van der Waals surface area contributed by atoms with Gasteiger partial charge in [0.05, 0.1) is 39.6 Å². The second kappa shape index (κ2) is 17.0. The molecule has 4 rings (SSSR count). The summed E-state index contributed by atoms with van der Waals surface area (Å²) in [6.45, 7) is 9.38. The molecule has 0 aromatic heterocycles. The first-order chi connectivity index (χ1) is 18.3. The van der Waals surface area contributed by atoms with Crippen molar-refractivity contribution in [1.82, 2.24) is 10.0 Å². The van der Waals surface area contributed by atoms with Crippen molar-refractivity contribution in [2.24, 2.45) is 5.92 Å². The summed E-state index contributed by atoms with van der Waals surface area (Å²) in [6.07, 6.45) is 12.5. The highest BCUT2D eigenvalue weighted by Gasteiger charge is 2.29. The van der Waals surface area contributed by atoms with Crippen LogP contribution in [0, 0.1) is 5.92 Å². The van der Waals surface area contributed by atoms with E-state index in [1.807, 2.05) is 0 Å². The van der Waals surface area contributed by atoms with Gasteiger partial charge >= 0.3 is 0 Å². The zero-order valence-corrected chi connectivity index (χ0v) is 22.8. The number of carbonyl (C=O) groups is 1. The molecule has 0 aromatic carbocycles. The van der Waals surface area contributed by atoms with E-state index < -0.39 is 0 Å². The van der Waals surface area contributed by atoms with E-state index in [9.17, 15) is 4.79 Å². The number of carbonyl (C=O) groups excluding carboxylic acids is 1. The van der Waals surface area contributed by atoms with Crippen LogP contribution in [0.25, 0.3) is 0 Å². The molecule has 3 aliphatic heterocycles. The average Bonchev–Trinajstić information content (AvgIpc) is 3.75. The Hall–Kier alpha value is -0.810. The third kappa shape index (κ3) is 12.7. The van der Waals surface area contributed by atoms with Crippen molar-refractivity contribution in [2.45, 2.75) is 88.9 Å². The Balaban J connectivity index is 1.23. The van der Waals surface area contributed by atoms with Crippen LogP contribution in [0.3, 0.4) is 0 Å². The summed E-state index contributed by atoms with van der Waals surface area (Å²) >= 11 is 0. The molecule has 9 nitrogen and oxygen atoms in total. The summed E-state index contributed by atoms with van der Waals surface area (Å²) in [7, 11) is 0. The van der Waals surface area contributed by atoms with Crippen molar-refractivity contribution in [3.63, 3.8) is 0 Å². The molecular weight excluding hydrogens is 476 g/mol. The van der Waals surface area contributed by atoms with Crippen molar-refractivity contribution in [2.75, 3.05) is 79.1 Å². The van der Waals surface area contributed by atoms with E-state index >= 15 is 0 Å². The van der Waals surface area contributed by atoms with Gasteiger partial charge < -0.3 is 28.4 Å². The lowest BCUT2D eigenvalue weighted by molar-refractivity contribution is -0.156. The molecule has 1 aliphatic carbocycles. The van der Waals surface area contributed by atoms with Gasteiger partial charge in [-0.25, -0.2) is 5.01 Å². The van der Waals surface area contributed by atoms with E-state index in [0.29, 0.717) is 44.0 Å². The van der Waals surface area contributed by atoms with Gasteiger partial charge in [-0.1, -0.05) is 19.3 Å². The van der Waals surface area contributed by atoms with Crippen LogP contribution in [0.2, 0.25) is 0 Å². The van der Waals surface area contributed by atoms with Gasteiger partial charge in [-0.3, -0.25) is 9.80 Å². The standard InChI is InChI=1S/C28H50N2O7/c31-28(24-10-2-1-3-11-24)30(14-6-9-17-34-20-27-23-37-27)29(12-4-7-15-32-18-25-21-35-25)13-5-8-16-33-19-26-22-36-26/h24-27H,1-23H2. The largest absolute Gasteiger partial charge is 0.379 e. The van der Waals surface area contributed by atoms with Gasteiger partial charge in [0.1, 0.15) is 18.3 Å². The van der Waals surface area contributed by atoms with Crippen LogP contribution in [0.15, 0.2) is 0 Å². The summed E-state index contributed by atoms with van der Waals surface area (Å²) in [5.74, 6) is 0.500. The smallest absolute Gasteiger partial charge is 0.239 e. The van der Waals surface area contributed by atoms with E-state index in [0.717, 1.165) is 111 Å². The Morgan fingerprint density at radius 1 is 0.622 bits per heavy atom. The number of unbranched alkanes of at least 4 members (excludes halogenated alkanes) is 3. The Bertz CT molecular complexity index is 598. The second-order valence-corrected chi connectivity index (χ2v) is 11.0. The minimum absolute atomic E-state index is 0.170. The van der Waals surface area contributed by atoms with Crippen LogP contribution in [0.1, 0.15) is 70.6 Å². The Morgan fingerprint density at radius 2 is 1.05 bits per heavy atom. The minimum atomic E-state index is 0.170. The molecule has 0 N–H and O–H groups in total. The van der Waals surface area contributed by atoms with E-state index in [4.69, 9.17) is 28.4 Å². The molecule has 1 saturated carbocycles. The molecule has 0 radical (unpaired) electrons. The molecule has 3 atom stereocenters. The van der Waals surface area contributed by atoms with Crippen LogP contribution in [-0.4, -0.2) is 113 Å². The molecule has 0 bridgehead atoms. The summed E-state index contributed by atoms with van der Waals surface area (Å²) in [6, 6.07) is 0. The zero-order chi connectivity index (χ0) is 25.5. The maximum atomic E-state index is 13.8. The number of hydrogen-bond donors (Lipinski definition) is 0. The third-order valence-corrected chi connectivity index (χ3v) is 7.49. The predicted octanol–water partition coefficient (Wildman–Crippen LogP) is 3.20. The first kappa shape index (κ1) is 29.2. The molecule has 9 heteroatoms. The van der Waals surface area contributed by atoms with Gasteiger partial charge in [0.15, 0.2) is 0 Å². The van der Waals surface area contributed by atoms with Crippen LogP contribution in [0.4, 0.5) is 0 Å². The van der Waals surface area contributed by atoms with Crippen molar-refractivity contribution >= 4 is 5.91 Å². The van der Waals surface area contributed by atoms with E-state index in [1.165, 1.54) is 19.3 Å². The number of amides is 1. The molecule has 4 fully saturated rings. The summed E-state index contributed by atoms with van der Waals surface area (Å²) in [4.78, 5) is 13.8. The molecular formula is C28H50N2O7. The maximum absolute atomic E-state index is 13.8. The number of hydrogen-bond acceptors (Lipinski definition) is 8. The van der Waals surface area contributed by atoms with Crippen LogP contribution >= 0.6 is 0 Å². The van der Waals surface area contributed by atoms with Gasteiger partial charge in [-0.05, 0) is 51.4 Å². The monoisotopic (exact) mass is 526 g/mol. The van der Waals surface area contributed by atoms with E-state index in [-0.39, 0.29) is 5.92 Å². The number of nitrogens with zero attached hydrogens (tertiary/aromatic N) is 2. The molecule has 3 unspecified atom stereocenters. The molecule has 37 heavy (non-hydrogen) atoms. The van der Waals surface area contributed by atoms with Crippen LogP contribution in [-0.2, 0) is 33.2 Å². The summed E-state index contributed by atoms with van der Waals surface area (Å²) in [5, 5.41) is 4.45. The molecule has 3 saturated heterocycles. The molecule has 0 spiro atoms. The van der Waals surface area contributed by atoms with E-state index in [2.05, 4.69) is 10.0 Å². The lowest BCUT2D eigenvalue weighted by Crippen LogP contribution is -2.50. The number of epoxide rings is 3. The molecule has 0 aromatic rings. The van der Waals surface area contributed by atoms with Gasteiger partial charge in [0.2, 0.25) is 5.91 Å². The number of rotatable bonds is 23. The second-order valence-electron chi connectivity index (χ2n) is 11.0. The van der Waals surface area contributed by atoms with E-state index in [1.54, 1.807) is 0 Å². The van der Waals surface area contributed by atoms with Gasteiger partial charge in [-0.2, -0.15) is 0 Å². The lowest BCUT2D eigenvalue weighted by atomic mass is 9.88. The van der Waals surface area contributed by atoms with Gasteiger partial charge in [-0.15, -0.1) is 0 Å². The quantitative estimate of drug-likeness (QED) is 0.114. The van der Waals surface area contributed by atoms with Crippen LogP contribution in [0.5, 0.6) is 0 Å². The van der Waals surface area contributed by atoms with Gasteiger partial charge in [0, 0.05) is 45.4 Å². The number of ether oxygens (including phenoxy) is 6. The SMILES string of the molecule is O=C(C1CCCCC1)N(CCCCOCC1CO1)N(CCCCOCC1CO1)CCCCOCC1CO1. The minimum Gasteiger partial charge on any atom is -0.379 e. The zero-order valence-electron chi connectivity index (χ0n) is 22.8. The fourth-order valence-electron chi connectivity index (χ4n) is 4.90. The first-order valence-corrected chi connectivity index (χ1v) is 14.9. The third-order valence-electron chi connectivity index (χ3n) is 7.49. The average molecular weight is 527 g/mol. The molecule has 4 aliphatic rings. The summed E-state index contributed by atoms with van der Waals surface area (Å²) < 4.78 is 32.9. The molecule has 3 heterocycles. The number of hydrazine groups is 1. The van der Waals surface area contributed by atoms with Crippen molar-refractivity contribution < 1.29 is 33.2 Å². The molecule has 1 amide bonds. The topological polar surface area (TPSA) is 88.8 Å². The first-order valence-electron chi connectivity index (χ1n) is 14.9. The normalized spacial score (nSPS) is 24.9. The van der Waals surface area contributed by atoms with Crippen molar-refractivity contribution in [3.05, 3.63) is 0 Å². The highest BCUT2D eigenvalue weighted by atomic mass is 16.6. The predicted molar refractivity (Wildman–Crippen MR) is 139 cm³/mol. The molecule has 214 valence electrons. The van der Waals surface area contributed by atoms with Crippen LogP contribution < -0.4 is 0 Å². The fourth-order valence-corrected chi connectivity index (χ4v) is 4.90.